The van der Waals surface area contributed by atoms with Crippen LogP contribution in [0.3, 0.4) is 0 Å². The lowest BCUT2D eigenvalue weighted by Gasteiger charge is -2.32. The van der Waals surface area contributed by atoms with E-state index in [-0.39, 0.29) is 25.9 Å². The summed E-state index contributed by atoms with van der Waals surface area (Å²) in [4.78, 5) is 23.9. The Labute approximate surface area is 232 Å². The Hall–Kier alpha value is -3.33. The number of carbonyl (C=O) groups is 1. The van der Waals surface area contributed by atoms with E-state index < -0.39 is 17.9 Å². The van der Waals surface area contributed by atoms with E-state index in [1.54, 1.807) is 0 Å². The van der Waals surface area contributed by atoms with Crippen LogP contribution >= 0.6 is 0 Å². The van der Waals surface area contributed by atoms with Gasteiger partial charge in [0.15, 0.2) is 6.29 Å². The summed E-state index contributed by atoms with van der Waals surface area (Å²) in [5.41, 5.74) is 3.10. The highest BCUT2D eigenvalue weighted by atomic mass is 16.7. The van der Waals surface area contributed by atoms with Crippen LogP contribution < -0.4 is 4.90 Å². The van der Waals surface area contributed by atoms with Crippen LogP contribution in [-0.4, -0.2) is 66.8 Å². The van der Waals surface area contributed by atoms with E-state index in [9.17, 15) is 4.79 Å². The van der Waals surface area contributed by atoms with E-state index in [2.05, 4.69) is 18.7 Å². The van der Waals surface area contributed by atoms with Gasteiger partial charge in [-0.05, 0) is 41.5 Å². The third kappa shape index (κ3) is 9.73. The molecule has 0 spiro atoms. The molecule has 39 heavy (non-hydrogen) atoms. The van der Waals surface area contributed by atoms with E-state index in [1.165, 1.54) is 0 Å². The van der Waals surface area contributed by atoms with Gasteiger partial charge in [-0.1, -0.05) is 60.7 Å². The van der Waals surface area contributed by atoms with Crippen molar-refractivity contribution in [1.82, 2.24) is 9.97 Å². The molecule has 0 amide bonds. The van der Waals surface area contributed by atoms with Crippen molar-refractivity contribution in [2.45, 2.75) is 59.5 Å². The van der Waals surface area contributed by atoms with Gasteiger partial charge in [-0.2, -0.15) is 0 Å². The number of anilines is 1. The zero-order valence-electron chi connectivity index (χ0n) is 23.9. The van der Waals surface area contributed by atoms with Crippen LogP contribution in [0.15, 0.2) is 66.9 Å². The number of benzene rings is 2. The van der Waals surface area contributed by atoms with Gasteiger partial charge in [-0.25, -0.2) is 9.78 Å². The monoisotopic (exact) mass is 535 g/mol. The molecule has 0 aliphatic rings. The van der Waals surface area contributed by atoms with Crippen molar-refractivity contribution in [2.24, 2.45) is 0 Å². The lowest BCUT2D eigenvalue weighted by Crippen LogP contribution is -2.41. The molecule has 0 saturated heterocycles. The summed E-state index contributed by atoms with van der Waals surface area (Å²) in [5, 5.41) is 0. The highest BCUT2D eigenvalue weighted by molar-refractivity contribution is 5.78. The van der Waals surface area contributed by atoms with Crippen LogP contribution in [0, 0.1) is 0 Å². The number of hydrogen-bond acceptors (Lipinski definition) is 8. The molecule has 3 rings (SSSR count). The first-order chi connectivity index (χ1) is 18.7. The average molecular weight is 536 g/mol. The van der Waals surface area contributed by atoms with E-state index in [4.69, 9.17) is 28.9 Å². The van der Waals surface area contributed by atoms with Gasteiger partial charge >= 0.3 is 5.97 Å². The second-order valence-corrected chi connectivity index (χ2v) is 10.3. The first-order valence-corrected chi connectivity index (χ1v) is 13.4. The summed E-state index contributed by atoms with van der Waals surface area (Å²) in [6.45, 7) is 12.9. The van der Waals surface area contributed by atoms with E-state index in [0.29, 0.717) is 13.2 Å². The molecule has 8 nitrogen and oxygen atoms in total. The number of hydrogen-bond donors (Lipinski definition) is 0. The number of nitrogens with zero attached hydrogens (tertiary/aromatic N) is 3. The second-order valence-electron chi connectivity index (χ2n) is 10.3. The minimum atomic E-state index is -0.542. The van der Waals surface area contributed by atoms with Crippen molar-refractivity contribution in [2.75, 3.05) is 37.9 Å². The Morgan fingerprint density at radius 2 is 1.51 bits per heavy atom. The van der Waals surface area contributed by atoms with Crippen molar-refractivity contribution in [1.29, 1.82) is 0 Å². The Morgan fingerprint density at radius 3 is 2.08 bits per heavy atom. The Bertz CT molecular complexity index is 1150. The molecule has 1 atom stereocenters. The summed E-state index contributed by atoms with van der Waals surface area (Å²) in [6, 6.07) is 20.3. The van der Waals surface area contributed by atoms with Gasteiger partial charge < -0.3 is 23.8 Å². The third-order valence-electron chi connectivity index (χ3n) is 5.64. The molecule has 0 fully saturated rings. The summed E-state index contributed by atoms with van der Waals surface area (Å²) in [5.74, 6) is 0.333. The van der Waals surface area contributed by atoms with Crippen molar-refractivity contribution in [3.8, 4) is 22.5 Å². The highest BCUT2D eigenvalue weighted by Gasteiger charge is 2.22. The number of aromatic nitrogens is 2. The fraction of sp³-hybridized carbons (Fsp3) is 0.452. The summed E-state index contributed by atoms with van der Waals surface area (Å²) in [6.07, 6.45) is 1.29. The number of ether oxygens (including phenoxy) is 4. The Balaban J connectivity index is 1.73. The van der Waals surface area contributed by atoms with Crippen LogP contribution in [0.2, 0.25) is 0 Å². The fourth-order valence-electron chi connectivity index (χ4n) is 3.96. The van der Waals surface area contributed by atoms with Gasteiger partial charge in [-0.3, -0.25) is 4.98 Å². The van der Waals surface area contributed by atoms with Gasteiger partial charge in [0.25, 0.3) is 0 Å². The molecule has 8 heteroatoms. The van der Waals surface area contributed by atoms with Gasteiger partial charge in [0.2, 0.25) is 0 Å². The average Bonchev–Trinajstić information content (AvgIpc) is 2.91. The van der Waals surface area contributed by atoms with Crippen molar-refractivity contribution < 1.29 is 23.7 Å². The zero-order valence-corrected chi connectivity index (χ0v) is 23.9. The normalized spacial score (nSPS) is 12.4. The molecule has 0 aliphatic carbocycles. The standard InChI is InChI=1S/C31H41N3O5/c1-7-37-28(38-19-18-36-22-27(35)39-31(4,5)6)21-34(23(2)3)26-20-32-29(24-14-10-8-11-15-24)30(33-26)25-16-12-9-13-17-25/h8-17,20,23,28H,7,18-19,21-22H2,1-6H3. The predicted octanol–water partition coefficient (Wildman–Crippen LogP) is 5.76. The lowest BCUT2D eigenvalue weighted by molar-refractivity contribution is -0.164. The van der Waals surface area contributed by atoms with Crippen LogP contribution in [0.25, 0.3) is 22.5 Å². The number of rotatable bonds is 14. The summed E-state index contributed by atoms with van der Waals surface area (Å²) < 4.78 is 22.6. The minimum Gasteiger partial charge on any atom is -0.458 e. The number of esters is 1. The molecular weight excluding hydrogens is 494 g/mol. The van der Waals surface area contributed by atoms with Gasteiger partial charge in [0, 0.05) is 23.8 Å². The van der Waals surface area contributed by atoms with E-state index in [0.717, 1.165) is 28.3 Å². The van der Waals surface area contributed by atoms with Crippen LogP contribution in [0.4, 0.5) is 5.82 Å². The smallest absolute Gasteiger partial charge is 0.332 e. The molecule has 0 saturated carbocycles. The van der Waals surface area contributed by atoms with Gasteiger partial charge in [-0.15, -0.1) is 0 Å². The molecule has 0 bridgehead atoms. The Kier molecular flexibility index (Phi) is 11.4. The van der Waals surface area contributed by atoms with Gasteiger partial charge in [0.05, 0.1) is 37.3 Å². The molecule has 1 aromatic heterocycles. The molecule has 2 aromatic carbocycles. The topological polar surface area (TPSA) is 83.0 Å². The first kappa shape index (κ1) is 30.2. The quantitative estimate of drug-likeness (QED) is 0.146. The zero-order chi connectivity index (χ0) is 28.3. The molecule has 0 radical (unpaired) electrons. The fourth-order valence-corrected chi connectivity index (χ4v) is 3.96. The Morgan fingerprint density at radius 1 is 0.897 bits per heavy atom. The molecule has 3 aromatic rings. The first-order valence-electron chi connectivity index (χ1n) is 13.4. The second kappa shape index (κ2) is 14.7. The molecule has 0 aliphatic heterocycles. The van der Waals surface area contributed by atoms with Crippen LogP contribution in [0.5, 0.6) is 0 Å². The van der Waals surface area contributed by atoms with Gasteiger partial charge in [0.1, 0.15) is 18.0 Å². The van der Waals surface area contributed by atoms with Crippen LogP contribution in [0.1, 0.15) is 41.5 Å². The molecule has 1 unspecified atom stereocenters. The van der Waals surface area contributed by atoms with Crippen molar-refractivity contribution in [3.05, 3.63) is 66.9 Å². The highest BCUT2D eigenvalue weighted by Crippen LogP contribution is 2.31. The lowest BCUT2D eigenvalue weighted by atomic mass is 10.0. The van der Waals surface area contributed by atoms with E-state index in [1.807, 2.05) is 94.6 Å². The molecule has 210 valence electrons. The van der Waals surface area contributed by atoms with Crippen molar-refractivity contribution >= 4 is 11.8 Å². The largest absolute Gasteiger partial charge is 0.458 e. The number of carbonyl (C=O) groups excluding carboxylic acids is 1. The maximum atomic E-state index is 11.8. The summed E-state index contributed by atoms with van der Waals surface area (Å²) >= 11 is 0. The maximum absolute atomic E-state index is 11.8. The van der Waals surface area contributed by atoms with Crippen LogP contribution in [-0.2, 0) is 23.7 Å². The molecule has 1 heterocycles. The van der Waals surface area contributed by atoms with E-state index >= 15 is 0 Å². The molecular formula is C31H41N3O5. The third-order valence-corrected chi connectivity index (χ3v) is 5.64. The minimum absolute atomic E-state index is 0.112. The SMILES string of the molecule is CCOC(CN(c1cnc(-c2ccccc2)c(-c2ccccc2)n1)C(C)C)OCCOCC(=O)OC(C)(C)C. The van der Waals surface area contributed by atoms with Crippen molar-refractivity contribution in [3.63, 3.8) is 0 Å². The summed E-state index contributed by atoms with van der Waals surface area (Å²) in [7, 11) is 0. The molecule has 0 N–H and O–H groups in total. The maximum Gasteiger partial charge on any atom is 0.332 e. The predicted molar refractivity (Wildman–Crippen MR) is 153 cm³/mol.